The van der Waals surface area contributed by atoms with E-state index in [-0.39, 0.29) is 49.8 Å². The number of benzene rings is 3. The molecule has 54 heavy (non-hydrogen) atoms. The molecule has 5 heterocycles. The number of urea groups is 1. The van der Waals surface area contributed by atoms with E-state index in [0.29, 0.717) is 50.7 Å². The number of fused-ring (bicyclic) bond motifs is 5. The number of ether oxygens (including phenoxy) is 2. The highest BCUT2D eigenvalue weighted by atomic mass is 16.5. The number of aliphatic imine (C=N–C) groups is 1. The van der Waals surface area contributed by atoms with Crippen molar-refractivity contribution in [3.05, 3.63) is 134 Å². The number of aliphatic hydroxyl groups is 1. The normalized spacial score (nSPS) is 19.3. The van der Waals surface area contributed by atoms with Gasteiger partial charge in [-0.25, -0.2) is 14.6 Å². The molecule has 12 nitrogen and oxygen atoms in total. The van der Waals surface area contributed by atoms with Crippen molar-refractivity contribution in [2.75, 3.05) is 11.5 Å². The molecule has 0 saturated carbocycles. The van der Waals surface area contributed by atoms with E-state index in [2.05, 4.69) is 5.32 Å². The van der Waals surface area contributed by atoms with Crippen molar-refractivity contribution < 1.29 is 29.0 Å². The monoisotopic (exact) mass is 723 g/mol. The molecule has 2 aromatic heterocycles. The third-order valence-corrected chi connectivity index (χ3v) is 10.5. The van der Waals surface area contributed by atoms with Gasteiger partial charge in [-0.05, 0) is 67.8 Å². The molecule has 0 fully saturated rings. The number of allylic oxidation sites excluding steroid dienone is 1. The number of nitrogens with zero attached hydrogens (tertiary/aromatic N) is 4. The first-order chi connectivity index (χ1) is 26.1. The molecule has 5 aromatic rings. The first-order valence-corrected chi connectivity index (χ1v) is 17.9. The van der Waals surface area contributed by atoms with Crippen molar-refractivity contribution in [1.29, 1.82) is 0 Å². The molecular formula is C42H37N5O7. The molecule has 0 aliphatic carbocycles. The Hall–Kier alpha value is -6.40. The number of aromatic nitrogens is 2. The molecule has 2 N–H and O–H groups in total. The molecule has 2 atom stereocenters. The van der Waals surface area contributed by atoms with Gasteiger partial charge in [0.25, 0.3) is 5.56 Å². The van der Waals surface area contributed by atoms with Crippen LogP contribution in [0.1, 0.15) is 67.5 Å². The molecule has 0 bridgehead atoms. The lowest BCUT2D eigenvalue weighted by Crippen LogP contribution is -2.48. The van der Waals surface area contributed by atoms with Crippen LogP contribution in [0.25, 0.3) is 22.3 Å². The molecule has 2 unspecified atom stereocenters. The Bertz CT molecular complexity index is 2490. The lowest BCUT2D eigenvalue weighted by Gasteiger charge is -2.35. The van der Waals surface area contributed by atoms with E-state index in [1.807, 2.05) is 66.7 Å². The second-order valence-corrected chi connectivity index (χ2v) is 13.5. The minimum Gasteiger partial charge on any atom is -0.463 e. The summed E-state index contributed by atoms with van der Waals surface area (Å²) in [5.41, 5.74) is 4.98. The number of carbonyl (C=O) groups is 3. The minimum absolute atomic E-state index is 0.182. The van der Waals surface area contributed by atoms with Crippen LogP contribution in [0, 0.1) is 0 Å². The van der Waals surface area contributed by atoms with Crippen molar-refractivity contribution in [1.82, 2.24) is 14.9 Å². The smallest absolute Gasteiger partial charge is 0.338 e. The van der Waals surface area contributed by atoms with Crippen LogP contribution in [0.5, 0.6) is 0 Å². The quantitative estimate of drug-likeness (QED) is 0.143. The largest absolute Gasteiger partial charge is 0.463 e. The van der Waals surface area contributed by atoms with E-state index in [9.17, 15) is 24.3 Å². The second kappa shape index (κ2) is 13.5. The summed E-state index contributed by atoms with van der Waals surface area (Å²) >= 11 is 0. The average molecular weight is 724 g/mol. The van der Waals surface area contributed by atoms with Gasteiger partial charge in [0.15, 0.2) is 0 Å². The molecule has 3 aromatic carbocycles. The molecule has 8 rings (SSSR count). The number of hydrogen-bond donors (Lipinski definition) is 2. The summed E-state index contributed by atoms with van der Waals surface area (Å²) < 4.78 is 12.4. The maximum absolute atomic E-state index is 14.0. The van der Waals surface area contributed by atoms with Crippen molar-refractivity contribution >= 4 is 46.5 Å². The van der Waals surface area contributed by atoms with Gasteiger partial charge in [-0.3, -0.25) is 19.5 Å². The highest BCUT2D eigenvalue weighted by Crippen LogP contribution is 2.40. The molecule has 0 saturated heterocycles. The Balaban J connectivity index is 1.16. The highest BCUT2D eigenvalue weighted by molar-refractivity contribution is 6.04. The summed E-state index contributed by atoms with van der Waals surface area (Å²) in [4.78, 5) is 64.4. The van der Waals surface area contributed by atoms with E-state index in [1.54, 1.807) is 49.8 Å². The number of para-hydroxylation sites is 2. The molecular weight excluding hydrogens is 686 g/mol. The molecule has 3 aliphatic rings. The maximum atomic E-state index is 14.0. The van der Waals surface area contributed by atoms with Crippen LogP contribution < -0.4 is 15.8 Å². The standard InChI is InChI=1S/C42H37N5O7/c1-4-42(52)20-35(48)54-23-31-32(42)19-34-38-30(22-46(34)39(31)49)29(28-13-9-10-14-33(28)44-38)21-43-26-17-15-25(16-18-26)37-36(40(50)53-5-2)24(3)47(41(51)45-37)27-11-7-6-8-12-27/h6-19,21,37,52H,4-5,20,22-23H2,1-3H3,(H,45,51). The van der Waals surface area contributed by atoms with Gasteiger partial charge in [0, 0.05) is 28.4 Å². The van der Waals surface area contributed by atoms with Crippen molar-refractivity contribution in [2.24, 2.45) is 4.99 Å². The Kier molecular flexibility index (Phi) is 8.69. The topological polar surface area (TPSA) is 152 Å². The van der Waals surface area contributed by atoms with Gasteiger partial charge < -0.3 is 24.5 Å². The van der Waals surface area contributed by atoms with E-state index in [1.165, 1.54) is 4.90 Å². The van der Waals surface area contributed by atoms with Gasteiger partial charge in [0.05, 0.1) is 65.0 Å². The Morgan fingerprint density at radius 1 is 1.04 bits per heavy atom. The van der Waals surface area contributed by atoms with Gasteiger partial charge in [0.1, 0.15) is 12.2 Å². The summed E-state index contributed by atoms with van der Waals surface area (Å²) in [5, 5.41) is 15.4. The highest BCUT2D eigenvalue weighted by Gasteiger charge is 2.40. The first kappa shape index (κ1) is 34.7. The molecule has 0 radical (unpaired) electrons. The van der Waals surface area contributed by atoms with Crippen molar-refractivity contribution in [3.63, 3.8) is 0 Å². The minimum atomic E-state index is -1.54. The van der Waals surface area contributed by atoms with E-state index in [0.717, 1.165) is 16.5 Å². The van der Waals surface area contributed by atoms with Crippen molar-refractivity contribution in [2.45, 2.75) is 58.4 Å². The maximum Gasteiger partial charge on any atom is 0.338 e. The van der Waals surface area contributed by atoms with E-state index < -0.39 is 23.6 Å². The van der Waals surface area contributed by atoms with Crippen LogP contribution in [-0.4, -0.2) is 45.4 Å². The molecule has 3 aliphatic heterocycles. The summed E-state index contributed by atoms with van der Waals surface area (Å²) in [6.45, 7) is 5.44. The number of nitrogens with one attached hydrogen (secondary N) is 1. The van der Waals surface area contributed by atoms with Gasteiger partial charge in [-0.15, -0.1) is 0 Å². The lowest BCUT2D eigenvalue weighted by molar-refractivity contribution is -0.149. The average Bonchev–Trinajstić information content (AvgIpc) is 3.48. The third kappa shape index (κ3) is 5.75. The molecule has 2 amide bonds. The fourth-order valence-electron chi connectivity index (χ4n) is 7.65. The Morgan fingerprint density at radius 2 is 1.78 bits per heavy atom. The predicted octanol–water partition coefficient (Wildman–Crippen LogP) is 6.33. The zero-order chi connectivity index (χ0) is 37.7. The number of pyridine rings is 2. The van der Waals surface area contributed by atoms with Crippen LogP contribution in [0.4, 0.5) is 16.2 Å². The van der Waals surface area contributed by atoms with Crippen LogP contribution >= 0.6 is 0 Å². The number of hydrogen-bond acceptors (Lipinski definition) is 9. The number of rotatable bonds is 7. The molecule has 272 valence electrons. The van der Waals surface area contributed by atoms with Crippen LogP contribution in [-0.2, 0) is 37.8 Å². The molecule has 12 heteroatoms. The van der Waals surface area contributed by atoms with Crippen molar-refractivity contribution in [3.8, 4) is 11.4 Å². The van der Waals surface area contributed by atoms with Gasteiger partial charge in [0.2, 0.25) is 0 Å². The summed E-state index contributed by atoms with van der Waals surface area (Å²) in [6, 6.07) is 24.7. The second-order valence-electron chi connectivity index (χ2n) is 13.5. The van der Waals surface area contributed by atoms with Gasteiger partial charge in [-0.2, -0.15) is 0 Å². The van der Waals surface area contributed by atoms with Crippen LogP contribution in [0.15, 0.2) is 106 Å². The Morgan fingerprint density at radius 3 is 2.52 bits per heavy atom. The SMILES string of the molecule is CCOC(=O)C1=C(C)N(c2ccccc2)C(=O)NC1c1ccc(N=Cc2c3c(nc4ccccc24)-c2cc4c(c(=O)n2C3)COC(=O)CC4(O)CC)cc1. The van der Waals surface area contributed by atoms with Crippen LogP contribution in [0.2, 0.25) is 0 Å². The van der Waals surface area contributed by atoms with Gasteiger partial charge >= 0.3 is 18.0 Å². The lowest BCUT2D eigenvalue weighted by atomic mass is 9.85. The number of amides is 2. The number of anilines is 1. The number of cyclic esters (lactones) is 1. The summed E-state index contributed by atoms with van der Waals surface area (Å²) in [5.74, 6) is -1.07. The summed E-state index contributed by atoms with van der Waals surface area (Å²) in [7, 11) is 0. The zero-order valence-corrected chi connectivity index (χ0v) is 30.0. The van der Waals surface area contributed by atoms with E-state index in [4.69, 9.17) is 19.5 Å². The Labute approximate surface area is 310 Å². The van der Waals surface area contributed by atoms with Gasteiger partial charge in [-0.1, -0.05) is 55.5 Å². The first-order valence-electron chi connectivity index (χ1n) is 17.9. The zero-order valence-electron chi connectivity index (χ0n) is 30.0. The number of carbonyl (C=O) groups excluding carboxylic acids is 3. The van der Waals surface area contributed by atoms with E-state index >= 15 is 0 Å². The fraction of sp³-hybridized carbons (Fsp3) is 0.238. The van der Waals surface area contributed by atoms with Crippen LogP contribution in [0.3, 0.4) is 0 Å². The number of esters is 2. The summed E-state index contributed by atoms with van der Waals surface area (Å²) in [6.07, 6.45) is 1.75. The fourth-order valence-corrected chi connectivity index (χ4v) is 7.65. The molecule has 0 spiro atoms. The predicted molar refractivity (Wildman–Crippen MR) is 202 cm³/mol. The third-order valence-electron chi connectivity index (χ3n) is 10.5.